The first-order valence-electron chi connectivity index (χ1n) is 11.1. The second kappa shape index (κ2) is 9.63. The monoisotopic (exact) mass is 476 g/mol. The average Bonchev–Trinajstić information content (AvgIpc) is 2.93. The number of ether oxygens (including phenoxy) is 1. The van der Waals surface area contributed by atoms with E-state index in [-0.39, 0.29) is 5.69 Å². The van der Waals surface area contributed by atoms with E-state index in [4.69, 9.17) is 14.7 Å². The van der Waals surface area contributed by atoms with Crippen LogP contribution in [0.5, 0.6) is 5.75 Å². The number of aldehydes is 1. The summed E-state index contributed by atoms with van der Waals surface area (Å²) in [4.78, 5) is 31.7. The number of methoxy groups -OCH3 is 1. The first-order valence-corrected chi connectivity index (χ1v) is 11.1. The molecule has 36 heavy (non-hydrogen) atoms. The summed E-state index contributed by atoms with van der Waals surface area (Å²) in [5.41, 5.74) is 6.35. The summed E-state index contributed by atoms with van der Waals surface area (Å²) in [6.45, 7) is 0. The van der Waals surface area contributed by atoms with Crippen LogP contribution in [0.4, 0.5) is 17.1 Å². The van der Waals surface area contributed by atoms with Crippen molar-refractivity contribution in [2.75, 3.05) is 12.4 Å². The van der Waals surface area contributed by atoms with Crippen molar-refractivity contribution in [2.24, 2.45) is 0 Å². The lowest BCUT2D eigenvalue weighted by molar-refractivity contribution is -0.384. The van der Waals surface area contributed by atoms with Gasteiger partial charge in [0.15, 0.2) is 0 Å². The highest BCUT2D eigenvalue weighted by Crippen LogP contribution is 2.34. The summed E-state index contributed by atoms with van der Waals surface area (Å²) >= 11 is 0. The Morgan fingerprint density at radius 2 is 1.47 bits per heavy atom. The molecule has 8 nitrogen and oxygen atoms in total. The third kappa shape index (κ3) is 4.47. The second-order valence-electron chi connectivity index (χ2n) is 7.99. The summed E-state index contributed by atoms with van der Waals surface area (Å²) in [5.74, 6) is 0.727. The summed E-state index contributed by atoms with van der Waals surface area (Å²) in [6, 6.07) is 26.6. The number of aromatic nitrogens is 2. The van der Waals surface area contributed by atoms with Gasteiger partial charge in [-0.1, -0.05) is 30.3 Å². The number of nitro groups is 1. The summed E-state index contributed by atoms with van der Waals surface area (Å²) in [7, 11) is 1.61. The lowest BCUT2D eigenvalue weighted by Gasteiger charge is -2.14. The number of nitro benzene ring substituents is 1. The molecule has 1 heterocycles. The van der Waals surface area contributed by atoms with Crippen LogP contribution in [0.2, 0.25) is 0 Å². The van der Waals surface area contributed by atoms with Gasteiger partial charge in [-0.2, -0.15) is 0 Å². The van der Waals surface area contributed by atoms with Crippen LogP contribution in [0.1, 0.15) is 10.4 Å². The maximum atomic E-state index is 11.1. The third-order valence-electron chi connectivity index (χ3n) is 5.74. The number of nitrogens with zero attached hydrogens (tertiary/aromatic N) is 3. The molecule has 0 saturated carbocycles. The van der Waals surface area contributed by atoms with Gasteiger partial charge in [-0.25, -0.2) is 9.97 Å². The number of non-ortho nitro benzene ring substituents is 1. The second-order valence-corrected chi connectivity index (χ2v) is 7.99. The number of para-hydroxylation sites is 1. The Labute approximate surface area is 206 Å². The third-order valence-corrected chi connectivity index (χ3v) is 5.74. The quantitative estimate of drug-likeness (QED) is 0.164. The summed E-state index contributed by atoms with van der Waals surface area (Å²) in [6.07, 6.45) is 0.802. The highest BCUT2D eigenvalue weighted by molar-refractivity contribution is 5.94. The molecule has 176 valence electrons. The predicted octanol–water partition coefficient (Wildman–Crippen LogP) is 6.44. The number of hydrogen-bond acceptors (Lipinski definition) is 7. The number of carbonyl (C=O) groups excluding carboxylic acids is 1. The minimum atomic E-state index is -0.433. The Morgan fingerprint density at radius 1 is 0.833 bits per heavy atom. The number of benzene rings is 4. The number of anilines is 2. The summed E-state index contributed by atoms with van der Waals surface area (Å²) < 4.78 is 5.30. The van der Waals surface area contributed by atoms with E-state index >= 15 is 0 Å². The molecule has 0 aliphatic heterocycles. The van der Waals surface area contributed by atoms with E-state index in [1.165, 1.54) is 12.1 Å². The Hall–Kier alpha value is -5.11. The zero-order valence-corrected chi connectivity index (χ0v) is 19.2. The molecule has 0 radical (unpaired) electrons. The van der Waals surface area contributed by atoms with Crippen LogP contribution in [-0.4, -0.2) is 28.3 Å². The molecule has 4 aromatic carbocycles. The first kappa shape index (κ1) is 22.7. The lowest BCUT2D eigenvalue weighted by Crippen LogP contribution is -1.99. The topological polar surface area (TPSA) is 107 Å². The van der Waals surface area contributed by atoms with Crippen LogP contribution in [-0.2, 0) is 0 Å². The molecule has 0 fully saturated rings. The van der Waals surface area contributed by atoms with Gasteiger partial charge in [0.25, 0.3) is 5.69 Å². The first-order chi connectivity index (χ1) is 17.6. The fourth-order valence-electron chi connectivity index (χ4n) is 3.87. The van der Waals surface area contributed by atoms with E-state index in [1.807, 2.05) is 54.6 Å². The number of rotatable bonds is 7. The van der Waals surface area contributed by atoms with E-state index in [0.717, 1.165) is 23.2 Å². The van der Waals surface area contributed by atoms with E-state index in [1.54, 1.807) is 31.4 Å². The van der Waals surface area contributed by atoms with Crippen molar-refractivity contribution in [3.05, 3.63) is 107 Å². The largest absolute Gasteiger partial charge is 0.497 e. The molecular formula is C28H20N4O4. The molecule has 0 amide bonds. The van der Waals surface area contributed by atoms with Gasteiger partial charge in [0.1, 0.15) is 17.6 Å². The van der Waals surface area contributed by atoms with Gasteiger partial charge in [-0.15, -0.1) is 0 Å². The maximum absolute atomic E-state index is 11.1. The van der Waals surface area contributed by atoms with Crippen LogP contribution in [0.15, 0.2) is 91.0 Å². The molecule has 5 aromatic rings. The SMILES string of the molecule is COc1ccc(-c2nc3c(Nc4ccc([N+](=O)[O-])cc4)cccc3nc2-c2ccc(C=O)cc2)cc1. The zero-order valence-electron chi connectivity index (χ0n) is 19.2. The summed E-state index contributed by atoms with van der Waals surface area (Å²) in [5, 5.41) is 14.3. The number of hydrogen-bond donors (Lipinski definition) is 1. The van der Waals surface area contributed by atoms with Crippen molar-refractivity contribution >= 4 is 34.4 Å². The maximum Gasteiger partial charge on any atom is 0.269 e. The Morgan fingerprint density at radius 3 is 2.08 bits per heavy atom. The minimum absolute atomic E-state index is 0.0188. The molecular weight excluding hydrogens is 456 g/mol. The Bertz CT molecular complexity index is 1570. The Kier molecular flexibility index (Phi) is 6.07. The molecule has 1 N–H and O–H groups in total. The molecule has 8 heteroatoms. The van der Waals surface area contributed by atoms with Crippen molar-refractivity contribution in [1.82, 2.24) is 9.97 Å². The fourth-order valence-corrected chi connectivity index (χ4v) is 3.87. The van der Waals surface area contributed by atoms with E-state index in [0.29, 0.717) is 39.4 Å². The molecule has 0 spiro atoms. The van der Waals surface area contributed by atoms with Crippen molar-refractivity contribution in [2.45, 2.75) is 0 Å². The van der Waals surface area contributed by atoms with E-state index in [2.05, 4.69) is 5.32 Å². The highest BCUT2D eigenvalue weighted by atomic mass is 16.6. The molecule has 0 saturated heterocycles. The molecule has 5 rings (SSSR count). The Balaban J connectivity index is 1.65. The van der Waals surface area contributed by atoms with Gasteiger partial charge in [0.2, 0.25) is 0 Å². The van der Waals surface area contributed by atoms with Crippen molar-refractivity contribution < 1.29 is 14.5 Å². The van der Waals surface area contributed by atoms with E-state index in [9.17, 15) is 14.9 Å². The average molecular weight is 476 g/mol. The predicted molar refractivity (Wildman–Crippen MR) is 139 cm³/mol. The van der Waals surface area contributed by atoms with Crippen LogP contribution in [0.25, 0.3) is 33.5 Å². The number of nitrogens with one attached hydrogen (secondary N) is 1. The van der Waals surface area contributed by atoms with Gasteiger partial charge in [-0.05, 0) is 48.5 Å². The van der Waals surface area contributed by atoms with Gasteiger partial charge < -0.3 is 10.1 Å². The van der Waals surface area contributed by atoms with Crippen molar-refractivity contribution in [3.63, 3.8) is 0 Å². The van der Waals surface area contributed by atoms with Gasteiger partial charge in [0, 0.05) is 34.5 Å². The normalized spacial score (nSPS) is 10.7. The standard InChI is InChI=1S/C28H20N4O4/c1-36-23-15-9-20(10-16-23)27-26(19-7-5-18(17-33)6-8-19)30-25-4-2-3-24(28(25)31-27)29-21-11-13-22(14-12-21)32(34)35/h2-17,29H,1H3. The van der Waals surface area contributed by atoms with Gasteiger partial charge in [-0.3, -0.25) is 14.9 Å². The smallest absolute Gasteiger partial charge is 0.269 e. The van der Waals surface area contributed by atoms with Crippen molar-refractivity contribution in [1.29, 1.82) is 0 Å². The molecule has 0 unspecified atom stereocenters. The number of carbonyl (C=O) groups is 1. The zero-order chi connectivity index (χ0) is 25.1. The van der Waals surface area contributed by atoms with Crippen LogP contribution in [0, 0.1) is 10.1 Å². The van der Waals surface area contributed by atoms with Crippen LogP contribution in [0.3, 0.4) is 0 Å². The van der Waals surface area contributed by atoms with Gasteiger partial charge in [0.05, 0.1) is 34.6 Å². The lowest BCUT2D eigenvalue weighted by atomic mass is 10.0. The molecule has 0 aliphatic rings. The van der Waals surface area contributed by atoms with Crippen LogP contribution < -0.4 is 10.1 Å². The van der Waals surface area contributed by atoms with Crippen LogP contribution >= 0.6 is 0 Å². The molecule has 1 aromatic heterocycles. The molecule has 0 bridgehead atoms. The van der Waals surface area contributed by atoms with Crippen molar-refractivity contribution in [3.8, 4) is 28.3 Å². The minimum Gasteiger partial charge on any atom is -0.497 e. The fraction of sp³-hybridized carbons (Fsp3) is 0.0357. The highest BCUT2D eigenvalue weighted by Gasteiger charge is 2.16. The molecule has 0 aliphatic carbocycles. The number of fused-ring (bicyclic) bond motifs is 1. The van der Waals surface area contributed by atoms with Gasteiger partial charge >= 0.3 is 0 Å². The van der Waals surface area contributed by atoms with E-state index < -0.39 is 4.92 Å². The molecule has 0 atom stereocenters.